The molecule has 2 N–H and O–H groups in total. The van der Waals surface area contributed by atoms with Gasteiger partial charge in [0.25, 0.3) is 0 Å². The summed E-state index contributed by atoms with van der Waals surface area (Å²) in [7, 11) is 0.238. The Morgan fingerprint density at radius 2 is 2.00 bits per heavy atom. The summed E-state index contributed by atoms with van der Waals surface area (Å²) < 4.78 is 1.67. The summed E-state index contributed by atoms with van der Waals surface area (Å²) in [6, 6.07) is 7.47. The van der Waals surface area contributed by atoms with Gasteiger partial charge in [0.1, 0.15) is 5.72 Å². The Balaban J connectivity index is 2.74. The van der Waals surface area contributed by atoms with E-state index in [0.29, 0.717) is 0 Å². The highest BCUT2D eigenvalue weighted by atomic mass is 16.4. The molecule has 0 aliphatic heterocycles. The normalized spacial score (nSPS) is 10.7. The Hall–Kier alpha value is -1.33. The van der Waals surface area contributed by atoms with E-state index in [2.05, 4.69) is 4.98 Å². The number of hydrogen-bond donors (Lipinski definition) is 2. The third-order valence-electron chi connectivity index (χ3n) is 2.05. The molecule has 0 bridgehead atoms. The molecule has 1 aromatic carbocycles. The average molecular weight is 176 g/mol. The zero-order chi connectivity index (χ0) is 9.42. The van der Waals surface area contributed by atoms with Gasteiger partial charge in [-0.15, -0.1) is 0 Å². The van der Waals surface area contributed by atoms with Crippen molar-refractivity contribution in [3.8, 4) is 0 Å². The summed E-state index contributed by atoms with van der Waals surface area (Å²) >= 11 is 0. The van der Waals surface area contributed by atoms with E-state index in [4.69, 9.17) is 10.0 Å². The number of hydrogen-bond acceptors (Lipinski definition) is 3. The van der Waals surface area contributed by atoms with Crippen molar-refractivity contribution in [3.05, 3.63) is 24.3 Å². The molecule has 0 atom stereocenters. The Morgan fingerprint density at radius 3 is 2.62 bits per heavy atom. The van der Waals surface area contributed by atoms with Crippen LogP contribution in [0.4, 0.5) is 0 Å². The van der Waals surface area contributed by atoms with E-state index in [1.165, 1.54) is 0 Å². The second-order valence-corrected chi connectivity index (χ2v) is 2.89. The topological polar surface area (TPSA) is 58.3 Å². The van der Waals surface area contributed by atoms with E-state index in [1.807, 2.05) is 24.3 Å². The fourth-order valence-electron chi connectivity index (χ4n) is 1.40. The summed E-state index contributed by atoms with van der Waals surface area (Å²) in [5, 5.41) is 18.0. The summed E-state index contributed by atoms with van der Waals surface area (Å²) in [5.74, 6) is 0. The molecule has 13 heavy (non-hydrogen) atoms. The van der Waals surface area contributed by atoms with Crippen molar-refractivity contribution in [2.45, 2.75) is 0 Å². The molecular weight excluding hydrogens is 167 g/mol. The molecule has 66 valence electrons. The minimum Gasteiger partial charge on any atom is -0.421 e. The molecule has 5 heteroatoms. The van der Waals surface area contributed by atoms with Crippen molar-refractivity contribution in [2.75, 3.05) is 0 Å². The van der Waals surface area contributed by atoms with Crippen molar-refractivity contribution in [3.63, 3.8) is 0 Å². The van der Waals surface area contributed by atoms with Crippen molar-refractivity contribution in [1.82, 2.24) is 9.55 Å². The molecule has 1 heterocycles. The van der Waals surface area contributed by atoms with E-state index in [9.17, 15) is 0 Å². The lowest BCUT2D eigenvalue weighted by Crippen LogP contribution is -2.37. The van der Waals surface area contributed by atoms with Crippen LogP contribution in [0.1, 0.15) is 0 Å². The van der Waals surface area contributed by atoms with E-state index in [0.717, 1.165) is 11.0 Å². The molecule has 0 saturated heterocycles. The molecule has 4 nitrogen and oxygen atoms in total. The first-order chi connectivity index (χ1) is 6.20. The minimum atomic E-state index is -1.52. The van der Waals surface area contributed by atoms with Crippen LogP contribution in [0.3, 0.4) is 0 Å². The fourth-order valence-corrected chi connectivity index (χ4v) is 1.40. The van der Waals surface area contributed by atoms with E-state index >= 15 is 0 Å². The number of fused-ring (bicyclic) bond motifs is 1. The van der Waals surface area contributed by atoms with Crippen molar-refractivity contribution >= 4 is 23.9 Å². The molecule has 1 aromatic heterocycles. The first-order valence-corrected chi connectivity index (χ1v) is 3.97. The third-order valence-corrected chi connectivity index (χ3v) is 2.05. The number of benzene rings is 1. The van der Waals surface area contributed by atoms with Gasteiger partial charge in [-0.05, 0) is 12.1 Å². The van der Waals surface area contributed by atoms with Gasteiger partial charge in [0.05, 0.1) is 11.0 Å². The molecule has 0 aliphatic rings. The quantitative estimate of drug-likeness (QED) is 0.562. The molecule has 2 aromatic rings. The van der Waals surface area contributed by atoms with Crippen molar-refractivity contribution < 1.29 is 10.0 Å². The molecule has 2 rings (SSSR count). The monoisotopic (exact) mass is 176 g/mol. The highest BCUT2D eigenvalue weighted by molar-refractivity contribution is 6.57. The number of para-hydroxylation sites is 2. The summed E-state index contributed by atoms with van der Waals surface area (Å²) in [4.78, 5) is 4.07. The second kappa shape index (κ2) is 2.87. The van der Waals surface area contributed by atoms with E-state index < -0.39 is 7.12 Å². The van der Waals surface area contributed by atoms with Gasteiger partial charge in [-0.1, -0.05) is 12.1 Å². The van der Waals surface area contributed by atoms with Gasteiger partial charge < -0.3 is 14.6 Å². The predicted octanol–water partition coefficient (Wildman–Crippen LogP) is -0.747. The van der Waals surface area contributed by atoms with Gasteiger partial charge in [0.2, 0.25) is 0 Å². The highest BCUT2D eigenvalue weighted by Gasteiger charge is 2.18. The van der Waals surface area contributed by atoms with Gasteiger partial charge in [-0.2, -0.15) is 0 Å². The first kappa shape index (κ1) is 8.28. The Morgan fingerprint density at radius 1 is 1.31 bits per heavy atom. The number of rotatable bonds is 1. The lowest BCUT2D eigenvalue weighted by Gasteiger charge is -1.98. The van der Waals surface area contributed by atoms with Gasteiger partial charge in [-0.3, -0.25) is 0 Å². The maximum Gasteiger partial charge on any atom is 0.526 e. The molecular formula is C8H9BN2O2. The number of aromatic nitrogens is 2. The van der Waals surface area contributed by atoms with Crippen LogP contribution in [0.2, 0.25) is 0 Å². The number of aryl methyl sites for hydroxylation is 1. The Labute approximate surface area is 75.6 Å². The predicted molar refractivity (Wildman–Crippen MR) is 50.5 cm³/mol. The molecule has 0 radical (unpaired) electrons. The Kier molecular flexibility index (Phi) is 1.83. The molecule has 0 saturated carbocycles. The zero-order valence-corrected chi connectivity index (χ0v) is 7.18. The van der Waals surface area contributed by atoms with Gasteiger partial charge in [-0.25, -0.2) is 4.98 Å². The van der Waals surface area contributed by atoms with Crippen molar-refractivity contribution in [1.29, 1.82) is 0 Å². The maximum absolute atomic E-state index is 8.98. The van der Waals surface area contributed by atoms with Crippen LogP contribution in [-0.2, 0) is 7.05 Å². The molecule has 0 fully saturated rings. The van der Waals surface area contributed by atoms with Gasteiger partial charge in [0, 0.05) is 7.05 Å². The summed E-state index contributed by atoms with van der Waals surface area (Å²) in [5.41, 5.74) is 1.93. The van der Waals surface area contributed by atoms with Crippen LogP contribution < -0.4 is 5.72 Å². The van der Waals surface area contributed by atoms with Crippen LogP contribution in [0.5, 0.6) is 0 Å². The highest BCUT2D eigenvalue weighted by Crippen LogP contribution is 2.08. The lowest BCUT2D eigenvalue weighted by atomic mass is 9.91. The van der Waals surface area contributed by atoms with Crippen molar-refractivity contribution in [2.24, 2.45) is 7.05 Å². The fraction of sp³-hybridized carbons (Fsp3) is 0.125. The minimum absolute atomic E-state index is 0.265. The van der Waals surface area contributed by atoms with E-state index in [-0.39, 0.29) is 5.72 Å². The summed E-state index contributed by atoms with van der Waals surface area (Å²) in [6.07, 6.45) is 0. The molecule has 0 unspecified atom stereocenters. The Bertz CT molecular complexity index is 439. The SMILES string of the molecule is Cn1c(B(O)O)nc2ccccc21. The number of imidazole rings is 1. The zero-order valence-electron chi connectivity index (χ0n) is 7.18. The smallest absolute Gasteiger partial charge is 0.421 e. The standard InChI is InChI=1S/C8H9BN2O2/c1-11-7-5-3-2-4-6(7)10-8(11)9(12)13/h2-5,12-13H,1H3. The van der Waals surface area contributed by atoms with Gasteiger partial charge in [0.15, 0.2) is 0 Å². The van der Waals surface area contributed by atoms with E-state index in [1.54, 1.807) is 11.6 Å². The van der Waals surface area contributed by atoms with Crippen LogP contribution >= 0.6 is 0 Å². The second-order valence-electron chi connectivity index (χ2n) is 2.89. The van der Waals surface area contributed by atoms with Gasteiger partial charge >= 0.3 is 7.12 Å². The average Bonchev–Trinajstić information content (AvgIpc) is 2.45. The van der Waals surface area contributed by atoms with Crippen LogP contribution in [0.15, 0.2) is 24.3 Å². The number of nitrogens with zero attached hydrogens (tertiary/aromatic N) is 2. The lowest BCUT2D eigenvalue weighted by molar-refractivity contribution is 0.421. The first-order valence-electron chi connectivity index (χ1n) is 3.97. The molecule has 0 aliphatic carbocycles. The van der Waals surface area contributed by atoms with Crippen LogP contribution in [-0.4, -0.2) is 26.7 Å². The summed E-state index contributed by atoms with van der Waals surface area (Å²) in [6.45, 7) is 0. The van der Waals surface area contributed by atoms with Crippen LogP contribution in [0, 0.1) is 0 Å². The van der Waals surface area contributed by atoms with Crippen LogP contribution in [0.25, 0.3) is 11.0 Å². The molecule has 0 amide bonds. The maximum atomic E-state index is 8.98. The largest absolute Gasteiger partial charge is 0.526 e. The molecule has 0 spiro atoms. The third kappa shape index (κ3) is 1.22.